The van der Waals surface area contributed by atoms with Crippen molar-refractivity contribution in [3.63, 3.8) is 0 Å². The second kappa shape index (κ2) is 5.91. The van der Waals surface area contributed by atoms with Crippen molar-refractivity contribution >= 4 is 29.0 Å². The minimum Gasteiger partial charge on any atom is -0.354 e. The number of hydrogen-bond donors (Lipinski definition) is 0. The van der Waals surface area contributed by atoms with Gasteiger partial charge in [0.15, 0.2) is 10.8 Å². The number of alkyl halides is 2. The van der Waals surface area contributed by atoms with Gasteiger partial charge in [0.05, 0.1) is 5.38 Å². The maximum Gasteiger partial charge on any atom is 0.192 e. The van der Waals surface area contributed by atoms with Gasteiger partial charge in [0.2, 0.25) is 0 Å². The molecule has 2 nitrogen and oxygen atoms in total. The van der Waals surface area contributed by atoms with Gasteiger partial charge in [0.1, 0.15) is 0 Å². The van der Waals surface area contributed by atoms with Crippen molar-refractivity contribution in [1.82, 2.24) is 0 Å². The summed E-state index contributed by atoms with van der Waals surface area (Å²) in [7, 11) is 0. The third-order valence-electron chi connectivity index (χ3n) is 2.86. The third-order valence-corrected chi connectivity index (χ3v) is 3.89. The first-order valence-corrected chi connectivity index (χ1v) is 6.86. The quantitative estimate of drug-likeness (QED) is 0.621. The summed E-state index contributed by atoms with van der Waals surface area (Å²) in [5.74, 6) is -0.0716. The van der Waals surface area contributed by atoms with Crippen LogP contribution in [-0.4, -0.2) is 22.8 Å². The molecule has 2 unspecified atom stereocenters. The van der Waals surface area contributed by atoms with Gasteiger partial charge in [0.25, 0.3) is 0 Å². The Balaban J connectivity index is 2.21. The van der Waals surface area contributed by atoms with E-state index in [1.54, 1.807) is 30.4 Å². The van der Waals surface area contributed by atoms with E-state index in [2.05, 4.69) is 0 Å². The fraction of sp³-hybridized carbons (Fsp3) is 0.267. The molecule has 0 spiro atoms. The minimum atomic E-state index is -1.07. The van der Waals surface area contributed by atoms with Crippen LogP contribution in [0.15, 0.2) is 54.1 Å². The molecule has 0 amide bonds. The first-order chi connectivity index (χ1) is 9.07. The number of ketones is 1. The lowest BCUT2D eigenvalue weighted by Gasteiger charge is -2.29. The number of carbonyl (C=O) groups is 1. The predicted octanol–water partition coefficient (Wildman–Crippen LogP) is 3.94. The maximum absolute atomic E-state index is 12.3. The number of benzene rings is 1. The summed E-state index contributed by atoms with van der Waals surface area (Å²) < 4.78 is 5.41. The second-order valence-electron chi connectivity index (χ2n) is 4.18. The number of rotatable bonds is 4. The van der Waals surface area contributed by atoms with E-state index in [4.69, 9.17) is 27.9 Å². The first-order valence-electron chi connectivity index (χ1n) is 6.04. The molecule has 0 aliphatic heterocycles. The molecule has 4 heteroatoms. The van der Waals surface area contributed by atoms with E-state index in [0.717, 1.165) is 0 Å². The molecule has 2 atom stereocenters. The molecule has 0 radical (unpaired) electrons. The molecular weight excluding hydrogens is 283 g/mol. The van der Waals surface area contributed by atoms with E-state index in [-0.39, 0.29) is 5.78 Å². The summed E-state index contributed by atoms with van der Waals surface area (Å²) in [4.78, 5) is 12.3. The summed E-state index contributed by atoms with van der Waals surface area (Å²) in [6.45, 7) is 2.29. The topological polar surface area (TPSA) is 26.3 Å². The number of Topliss-reactive ketones (excluding diaryl/α,β-unsaturated/α-hetero) is 1. The van der Waals surface area contributed by atoms with Gasteiger partial charge in [-0.15, -0.1) is 11.6 Å². The van der Waals surface area contributed by atoms with Crippen LogP contribution in [0, 0.1) is 0 Å². The Labute approximate surface area is 122 Å². The molecule has 0 fully saturated rings. The van der Waals surface area contributed by atoms with Gasteiger partial charge in [-0.1, -0.05) is 54.1 Å². The van der Waals surface area contributed by atoms with Crippen molar-refractivity contribution in [1.29, 1.82) is 0 Å². The van der Waals surface area contributed by atoms with Crippen LogP contribution < -0.4 is 0 Å². The fourth-order valence-electron chi connectivity index (χ4n) is 1.88. The van der Waals surface area contributed by atoms with Crippen LogP contribution in [-0.2, 0) is 4.74 Å². The summed E-state index contributed by atoms with van der Waals surface area (Å²) in [5, 5.41) is -1.65. The molecule has 0 aromatic heterocycles. The SMILES string of the molecule is CCOC1(Cl)C=CC(C(=O)c2ccccc2)=CC1Cl. The zero-order chi connectivity index (χ0) is 13.9. The number of carbonyl (C=O) groups excluding carboxylic acids is 1. The average Bonchev–Trinajstić information content (AvgIpc) is 2.43. The predicted molar refractivity (Wildman–Crippen MR) is 77.8 cm³/mol. The van der Waals surface area contributed by atoms with Gasteiger partial charge in [-0.05, 0) is 13.0 Å². The van der Waals surface area contributed by atoms with Crippen molar-refractivity contribution in [2.45, 2.75) is 17.4 Å². The molecule has 0 N–H and O–H groups in total. The summed E-state index contributed by atoms with van der Waals surface area (Å²) in [6, 6.07) is 9.05. The maximum atomic E-state index is 12.3. The summed E-state index contributed by atoms with van der Waals surface area (Å²) in [5.41, 5.74) is 1.16. The van der Waals surface area contributed by atoms with Crippen LogP contribution >= 0.6 is 23.2 Å². The number of ether oxygens (including phenoxy) is 1. The fourth-order valence-corrected chi connectivity index (χ4v) is 2.39. The van der Waals surface area contributed by atoms with Crippen LogP contribution in [0.5, 0.6) is 0 Å². The molecule has 1 aliphatic rings. The number of hydrogen-bond acceptors (Lipinski definition) is 2. The van der Waals surface area contributed by atoms with E-state index in [1.165, 1.54) is 0 Å². The molecule has 1 aliphatic carbocycles. The average molecular weight is 297 g/mol. The van der Waals surface area contributed by atoms with E-state index in [0.29, 0.717) is 17.7 Å². The van der Waals surface area contributed by atoms with Crippen LogP contribution in [0.2, 0.25) is 0 Å². The highest BCUT2D eigenvalue weighted by Gasteiger charge is 2.36. The van der Waals surface area contributed by atoms with Gasteiger partial charge in [-0.2, -0.15) is 0 Å². The van der Waals surface area contributed by atoms with E-state index in [1.807, 2.05) is 25.1 Å². The van der Waals surface area contributed by atoms with Crippen molar-refractivity contribution in [2.24, 2.45) is 0 Å². The molecule has 100 valence electrons. The second-order valence-corrected chi connectivity index (χ2v) is 5.24. The zero-order valence-corrected chi connectivity index (χ0v) is 12.0. The van der Waals surface area contributed by atoms with Gasteiger partial charge >= 0.3 is 0 Å². The molecule has 1 aromatic rings. The van der Waals surface area contributed by atoms with E-state index < -0.39 is 10.4 Å². The largest absolute Gasteiger partial charge is 0.354 e. The lowest BCUT2D eigenvalue weighted by Crippen LogP contribution is -2.35. The zero-order valence-electron chi connectivity index (χ0n) is 10.5. The van der Waals surface area contributed by atoms with Crippen molar-refractivity contribution in [3.8, 4) is 0 Å². The Morgan fingerprint density at radius 1 is 1.37 bits per heavy atom. The van der Waals surface area contributed by atoms with Crippen molar-refractivity contribution in [3.05, 3.63) is 59.7 Å². The highest BCUT2D eigenvalue weighted by molar-refractivity contribution is 6.34. The molecule has 2 rings (SSSR count). The van der Waals surface area contributed by atoms with Crippen LogP contribution in [0.1, 0.15) is 17.3 Å². The monoisotopic (exact) mass is 296 g/mol. The molecule has 19 heavy (non-hydrogen) atoms. The Kier molecular flexibility index (Phi) is 4.46. The first kappa shape index (κ1) is 14.3. The van der Waals surface area contributed by atoms with Crippen molar-refractivity contribution < 1.29 is 9.53 Å². The minimum absolute atomic E-state index is 0.0716. The van der Waals surface area contributed by atoms with E-state index >= 15 is 0 Å². The Hall–Kier alpha value is -1.09. The highest BCUT2D eigenvalue weighted by atomic mass is 35.5. The standard InChI is InChI=1S/C15H14Cl2O2/c1-2-19-15(17)9-8-12(10-13(15)16)14(18)11-6-4-3-5-7-11/h3-10,13H,2H2,1H3. The molecule has 0 saturated heterocycles. The number of allylic oxidation sites excluding steroid dienone is 2. The molecule has 0 heterocycles. The van der Waals surface area contributed by atoms with Crippen LogP contribution in [0.3, 0.4) is 0 Å². The molecular formula is C15H14Cl2O2. The molecule has 0 bridgehead atoms. The van der Waals surface area contributed by atoms with Gasteiger partial charge < -0.3 is 4.74 Å². The van der Waals surface area contributed by atoms with Gasteiger partial charge in [0, 0.05) is 17.7 Å². The smallest absolute Gasteiger partial charge is 0.192 e. The summed E-state index contributed by atoms with van der Waals surface area (Å²) >= 11 is 12.4. The normalized spacial score (nSPS) is 26.1. The van der Waals surface area contributed by atoms with Gasteiger partial charge in [-0.3, -0.25) is 4.79 Å². The lowest BCUT2D eigenvalue weighted by atomic mass is 9.96. The van der Waals surface area contributed by atoms with Crippen LogP contribution in [0.4, 0.5) is 0 Å². The van der Waals surface area contributed by atoms with Crippen LogP contribution in [0.25, 0.3) is 0 Å². The van der Waals surface area contributed by atoms with E-state index in [9.17, 15) is 4.79 Å². The summed E-state index contributed by atoms with van der Waals surface area (Å²) in [6.07, 6.45) is 4.93. The highest BCUT2D eigenvalue weighted by Crippen LogP contribution is 2.34. The van der Waals surface area contributed by atoms with Gasteiger partial charge in [-0.25, -0.2) is 0 Å². The Morgan fingerprint density at radius 3 is 2.63 bits per heavy atom. The third kappa shape index (κ3) is 3.08. The number of halogens is 2. The molecule has 1 aromatic carbocycles. The Bertz CT molecular complexity index is 522. The molecule has 0 saturated carbocycles. The van der Waals surface area contributed by atoms with Crippen molar-refractivity contribution in [2.75, 3.05) is 6.61 Å². The lowest BCUT2D eigenvalue weighted by molar-refractivity contribution is 0.0669. The Morgan fingerprint density at radius 2 is 2.05 bits per heavy atom.